The summed E-state index contributed by atoms with van der Waals surface area (Å²) >= 11 is 0. The lowest BCUT2D eigenvalue weighted by molar-refractivity contribution is -0.384. The number of hydrogen-bond acceptors (Lipinski definition) is 6. The predicted molar refractivity (Wildman–Crippen MR) is 80.3 cm³/mol. The van der Waals surface area contributed by atoms with Gasteiger partial charge in [0.05, 0.1) is 17.2 Å². The van der Waals surface area contributed by atoms with E-state index in [1.807, 2.05) is 0 Å². The monoisotopic (exact) mass is 312 g/mol. The summed E-state index contributed by atoms with van der Waals surface area (Å²) in [4.78, 5) is 22.1. The number of nitro groups is 1. The fourth-order valence-corrected chi connectivity index (χ4v) is 1.50. The second kappa shape index (κ2) is 7.60. The van der Waals surface area contributed by atoms with Crippen LogP contribution in [0.3, 0.4) is 0 Å². The van der Waals surface area contributed by atoms with Crippen LogP contribution in [0.5, 0.6) is 5.75 Å². The molecule has 0 aliphatic rings. The Bertz CT molecular complexity index is 539. The third-order valence-electron chi connectivity index (χ3n) is 2.35. The molecule has 1 aromatic carbocycles. The molecule has 0 unspecified atom stereocenters. The Labute approximate surface area is 128 Å². The van der Waals surface area contributed by atoms with Crippen LogP contribution in [0.25, 0.3) is 0 Å². The van der Waals surface area contributed by atoms with Gasteiger partial charge in [0, 0.05) is 19.2 Å². The molecule has 1 aromatic rings. The van der Waals surface area contributed by atoms with E-state index in [1.54, 1.807) is 20.8 Å². The first-order valence-electron chi connectivity index (χ1n) is 6.63. The number of amides is 1. The molecule has 1 amide bonds. The van der Waals surface area contributed by atoms with E-state index in [4.69, 9.17) is 14.2 Å². The number of anilines is 1. The maximum Gasteiger partial charge on any atom is 0.412 e. The molecule has 0 aromatic heterocycles. The van der Waals surface area contributed by atoms with Crippen LogP contribution in [0.1, 0.15) is 20.8 Å². The van der Waals surface area contributed by atoms with Gasteiger partial charge in [0.2, 0.25) is 0 Å². The fourth-order valence-electron chi connectivity index (χ4n) is 1.50. The Balaban J connectivity index is 2.93. The molecular formula is C14H20N2O6. The number of non-ortho nitro benzene ring substituents is 1. The Kier molecular flexibility index (Phi) is 6.11. The zero-order valence-corrected chi connectivity index (χ0v) is 13.0. The number of nitro benzene ring substituents is 1. The topological polar surface area (TPSA) is 99.9 Å². The number of carbonyl (C=O) groups excluding carboxylic acids is 1. The van der Waals surface area contributed by atoms with E-state index >= 15 is 0 Å². The number of methoxy groups -OCH3 is 1. The van der Waals surface area contributed by atoms with E-state index in [0.29, 0.717) is 12.4 Å². The summed E-state index contributed by atoms with van der Waals surface area (Å²) in [5, 5.41) is 13.3. The molecule has 8 heteroatoms. The molecule has 1 rings (SSSR count). The molecule has 22 heavy (non-hydrogen) atoms. The fraction of sp³-hybridized carbons (Fsp3) is 0.500. The zero-order valence-electron chi connectivity index (χ0n) is 13.0. The normalized spacial score (nSPS) is 10.9. The van der Waals surface area contributed by atoms with Gasteiger partial charge in [-0.1, -0.05) is 0 Å². The Morgan fingerprint density at radius 2 is 2.00 bits per heavy atom. The van der Waals surface area contributed by atoms with Crippen LogP contribution < -0.4 is 10.1 Å². The molecule has 0 aliphatic heterocycles. The van der Waals surface area contributed by atoms with Crippen LogP contribution in [0, 0.1) is 10.1 Å². The van der Waals surface area contributed by atoms with Gasteiger partial charge in [-0.05, 0) is 26.8 Å². The number of nitrogens with zero attached hydrogens (tertiary/aromatic N) is 1. The van der Waals surface area contributed by atoms with E-state index in [0.717, 1.165) is 0 Å². The van der Waals surface area contributed by atoms with Crippen molar-refractivity contribution in [2.75, 3.05) is 25.6 Å². The first kappa shape index (κ1) is 17.7. The molecule has 0 bridgehead atoms. The molecule has 8 nitrogen and oxygen atoms in total. The van der Waals surface area contributed by atoms with E-state index in [9.17, 15) is 14.9 Å². The molecule has 0 aliphatic carbocycles. The lowest BCUT2D eigenvalue weighted by atomic mass is 10.2. The Morgan fingerprint density at radius 1 is 1.32 bits per heavy atom. The van der Waals surface area contributed by atoms with Crippen LogP contribution in [-0.4, -0.2) is 36.9 Å². The van der Waals surface area contributed by atoms with Gasteiger partial charge in [0.25, 0.3) is 5.69 Å². The lowest BCUT2D eigenvalue weighted by Gasteiger charge is -2.20. The zero-order chi connectivity index (χ0) is 16.8. The average Bonchev–Trinajstić information content (AvgIpc) is 2.38. The van der Waals surface area contributed by atoms with Crippen molar-refractivity contribution >= 4 is 17.5 Å². The lowest BCUT2D eigenvalue weighted by Crippen LogP contribution is -2.27. The number of nitrogens with one attached hydrogen (secondary N) is 1. The van der Waals surface area contributed by atoms with Crippen molar-refractivity contribution in [1.29, 1.82) is 0 Å². The third kappa shape index (κ3) is 5.96. The summed E-state index contributed by atoms with van der Waals surface area (Å²) in [6.07, 6.45) is -0.718. The molecule has 0 spiro atoms. The highest BCUT2D eigenvalue weighted by Gasteiger charge is 2.19. The van der Waals surface area contributed by atoms with Gasteiger partial charge in [-0.3, -0.25) is 15.4 Å². The number of rotatable bonds is 6. The van der Waals surface area contributed by atoms with E-state index < -0.39 is 16.6 Å². The SMILES string of the molecule is COCCOc1ccc([N+](=O)[O-])cc1NC(=O)OC(C)(C)C. The molecule has 122 valence electrons. The van der Waals surface area contributed by atoms with Crippen molar-refractivity contribution in [2.24, 2.45) is 0 Å². The van der Waals surface area contributed by atoms with Crippen LogP contribution in [0.4, 0.5) is 16.2 Å². The highest BCUT2D eigenvalue weighted by Crippen LogP contribution is 2.29. The second-order valence-corrected chi connectivity index (χ2v) is 5.41. The van der Waals surface area contributed by atoms with Crippen LogP contribution in [0.15, 0.2) is 18.2 Å². The van der Waals surface area contributed by atoms with Gasteiger partial charge >= 0.3 is 6.09 Å². The molecule has 0 saturated carbocycles. The van der Waals surface area contributed by atoms with E-state index in [2.05, 4.69) is 5.32 Å². The molecule has 0 fully saturated rings. The number of hydrogen-bond donors (Lipinski definition) is 1. The molecular weight excluding hydrogens is 292 g/mol. The molecule has 0 radical (unpaired) electrons. The standard InChI is InChI=1S/C14H20N2O6/c1-14(2,3)22-13(17)15-11-9-10(16(18)19)5-6-12(11)21-8-7-20-4/h5-6,9H,7-8H2,1-4H3,(H,15,17). The van der Waals surface area contributed by atoms with Gasteiger partial charge in [-0.2, -0.15) is 0 Å². The first-order chi connectivity index (χ1) is 10.2. The molecule has 0 atom stereocenters. The quantitative estimate of drug-likeness (QED) is 0.492. The summed E-state index contributed by atoms with van der Waals surface area (Å²) < 4.78 is 15.4. The average molecular weight is 312 g/mol. The summed E-state index contributed by atoms with van der Waals surface area (Å²) in [5.74, 6) is 0.300. The van der Waals surface area contributed by atoms with Crippen molar-refractivity contribution < 1.29 is 23.9 Å². The maximum absolute atomic E-state index is 11.8. The number of ether oxygens (including phenoxy) is 3. The molecule has 0 heterocycles. The summed E-state index contributed by atoms with van der Waals surface area (Å²) in [5.41, 5.74) is -0.674. The minimum atomic E-state index is -0.718. The number of carbonyl (C=O) groups is 1. The van der Waals surface area contributed by atoms with Crippen LogP contribution in [0.2, 0.25) is 0 Å². The molecule has 0 saturated heterocycles. The van der Waals surface area contributed by atoms with Crippen LogP contribution >= 0.6 is 0 Å². The Hall–Kier alpha value is -2.35. The number of benzene rings is 1. The third-order valence-corrected chi connectivity index (χ3v) is 2.35. The minimum Gasteiger partial charge on any atom is -0.489 e. The maximum atomic E-state index is 11.8. The predicted octanol–water partition coefficient (Wildman–Crippen LogP) is 2.97. The highest BCUT2D eigenvalue weighted by molar-refractivity contribution is 5.87. The smallest absolute Gasteiger partial charge is 0.412 e. The van der Waals surface area contributed by atoms with E-state index in [-0.39, 0.29) is 18.0 Å². The van der Waals surface area contributed by atoms with Gasteiger partial charge in [0.1, 0.15) is 18.0 Å². The van der Waals surface area contributed by atoms with Crippen molar-refractivity contribution in [3.63, 3.8) is 0 Å². The van der Waals surface area contributed by atoms with Crippen molar-refractivity contribution in [1.82, 2.24) is 0 Å². The van der Waals surface area contributed by atoms with Gasteiger partial charge in [0.15, 0.2) is 0 Å². The van der Waals surface area contributed by atoms with E-state index in [1.165, 1.54) is 25.3 Å². The van der Waals surface area contributed by atoms with Crippen molar-refractivity contribution in [3.8, 4) is 5.75 Å². The minimum absolute atomic E-state index is 0.162. The van der Waals surface area contributed by atoms with Gasteiger partial charge in [-0.25, -0.2) is 4.79 Å². The van der Waals surface area contributed by atoms with Crippen LogP contribution in [-0.2, 0) is 9.47 Å². The van der Waals surface area contributed by atoms with Gasteiger partial charge in [-0.15, -0.1) is 0 Å². The highest BCUT2D eigenvalue weighted by atomic mass is 16.6. The Morgan fingerprint density at radius 3 is 2.55 bits per heavy atom. The van der Waals surface area contributed by atoms with Crippen molar-refractivity contribution in [3.05, 3.63) is 28.3 Å². The molecule has 1 N–H and O–H groups in total. The first-order valence-corrected chi connectivity index (χ1v) is 6.63. The van der Waals surface area contributed by atoms with Crippen molar-refractivity contribution in [2.45, 2.75) is 26.4 Å². The largest absolute Gasteiger partial charge is 0.489 e. The summed E-state index contributed by atoms with van der Waals surface area (Å²) in [7, 11) is 1.53. The van der Waals surface area contributed by atoms with Gasteiger partial charge < -0.3 is 14.2 Å². The summed E-state index contributed by atoms with van der Waals surface area (Å²) in [6, 6.07) is 3.93. The summed E-state index contributed by atoms with van der Waals surface area (Å²) in [6.45, 7) is 5.75. The second-order valence-electron chi connectivity index (χ2n) is 5.41.